The van der Waals surface area contributed by atoms with Gasteiger partial charge in [0, 0.05) is 0 Å². The van der Waals surface area contributed by atoms with Crippen molar-refractivity contribution in [2.75, 3.05) is 6.61 Å². The van der Waals surface area contributed by atoms with Crippen molar-refractivity contribution in [1.82, 2.24) is 0 Å². The van der Waals surface area contributed by atoms with Crippen molar-refractivity contribution in [3.63, 3.8) is 0 Å². The summed E-state index contributed by atoms with van der Waals surface area (Å²) in [6.07, 6.45) is 0. The van der Waals surface area contributed by atoms with Crippen molar-refractivity contribution in [1.29, 1.82) is 0 Å². The molecule has 3 N–H and O–H groups in total. The van der Waals surface area contributed by atoms with Crippen LogP contribution in [0.3, 0.4) is 0 Å². The van der Waals surface area contributed by atoms with Crippen LogP contribution in [0.15, 0.2) is 18.2 Å². The number of halogens is 1. The van der Waals surface area contributed by atoms with E-state index in [2.05, 4.69) is 0 Å². The van der Waals surface area contributed by atoms with E-state index in [0.29, 0.717) is 11.1 Å². The Morgan fingerprint density at radius 2 is 2.15 bits per heavy atom. The normalized spacial score (nSPS) is 15.5. The lowest BCUT2D eigenvalue weighted by Crippen LogP contribution is -2.37. The summed E-state index contributed by atoms with van der Waals surface area (Å²) in [7, 11) is 0. The molecular weight excluding hydrogens is 169 g/mol. The van der Waals surface area contributed by atoms with Crippen LogP contribution in [-0.2, 0) is 5.54 Å². The molecule has 0 fully saturated rings. The van der Waals surface area contributed by atoms with Crippen molar-refractivity contribution < 1.29 is 9.50 Å². The fraction of sp³-hybridized carbons (Fsp3) is 0.400. The monoisotopic (exact) mass is 183 g/mol. The highest BCUT2D eigenvalue weighted by atomic mass is 19.1. The summed E-state index contributed by atoms with van der Waals surface area (Å²) in [6, 6.07) is 4.71. The molecule has 1 aromatic rings. The molecule has 13 heavy (non-hydrogen) atoms. The Hall–Kier alpha value is -0.930. The molecule has 0 aliphatic carbocycles. The van der Waals surface area contributed by atoms with Crippen LogP contribution in [0.25, 0.3) is 0 Å². The number of hydrogen-bond donors (Lipinski definition) is 2. The van der Waals surface area contributed by atoms with Gasteiger partial charge in [0.2, 0.25) is 0 Å². The van der Waals surface area contributed by atoms with Gasteiger partial charge in [0.05, 0.1) is 12.1 Å². The van der Waals surface area contributed by atoms with E-state index >= 15 is 0 Å². The van der Waals surface area contributed by atoms with E-state index in [-0.39, 0.29) is 12.4 Å². The summed E-state index contributed by atoms with van der Waals surface area (Å²) in [5.41, 5.74) is 6.07. The Labute approximate surface area is 77.2 Å². The second-order valence-corrected chi connectivity index (χ2v) is 3.49. The number of aliphatic hydroxyl groups is 1. The minimum atomic E-state index is -0.869. The van der Waals surface area contributed by atoms with Crippen LogP contribution in [0.5, 0.6) is 0 Å². The first-order valence-electron chi connectivity index (χ1n) is 4.14. The van der Waals surface area contributed by atoms with Gasteiger partial charge in [0.1, 0.15) is 5.82 Å². The third-order valence-electron chi connectivity index (χ3n) is 2.21. The highest BCUT2D eigenvalue weighted by Gasteiger charge is 2.22. The molecule has 0 heterocycles. The first-order chi connectivity index (χ1) is 5.99. The number of aliphatic hydroxyl groups excluding tert-OH is 1. The quantitative estimate of drug-likeness (QED) is 0.726. The Morgan fingerprint density at radius 3 is 2.69 bits per heavy atom. The molecule has 0 aliphatic rings. The molecule has 0 aromatic heterocycles. The lowest BCUT2D eigenvalue weighted by atomic mass is 9.90. The Balaban J connectivity index is 3.22. The van der Waals surface area contributed by atoms with E-state index in [0.717, 1.165) is 0 Å². The van der Waals surface area contributed by atoms with E-state index < -0.39 is 5.54 Å². The lowest BCUT2D eigenvalue weighted by molar-refractivity contribution is 0.209. The van der Waals surface area contributed by atoms with E-state index in [4.69, 9.17) is 10.8 Å². The topological polar surface area (TPSA) is 46.2 Å². The highest BCUT2D eigenvalue weighted by molar-refractivity contribution is 5.33. The van der Waals surface area contributed by atoms with Crippen molar-refractivity contribution in [3.05, 3.63) is 35.1 Å². The molecule has 0 bridgehead atoms. The second-order valence-electron chi connectivity index (χ2n) is 3.49. The summed E-state index contributed by atoms with van der Waals surface area (Å²) in [5.74, 6) is -0.289. The number of benzene rings is 1. The predicted octanol–water partition coefficient (Wildman–Crippen LogP) is 1.30. The number of nitrogens with two attached hydrogens (primary N) is 1. The van der Waals surface area contributed by atoms with Gasteiger partial charge in [-0.05, 0) is 31.0 Å². The molecule has 0 amide bonds. The van der Waals surface area contributed by atoms with Crippen LogP contribution in [0.2, 0.25) is 0 Å². The number of hydrogen-bond acceptors (Lipinski definition) is 2. The van der Waals surface area contributed by atoms with Crippen molar-refractivity contribution in [2.45, 2.75) is 19.4 Å². The van der Waals surface area contributed by atoms with E-state index in [1.807, 2.05) is 0 Å². The average Bonchev–Trinajstić information content (AvgIpc) is 2.09. The minimum Gasteiger partial charge on any atom is -0.394 e. The lowest BCUT2D eigenvalue weighted by Gasteiger charge is -2.24. The maximum Gasteiger partial charge on any atom is 0.126 e. The van der Waals surface area contributed by atoms with Crippen LogP contribution in [0.1, 0.15) is 18.1 Å². The van der Waals surface area contributed by atoms with E-state index in [1.165, 1.54) is 6.07 Å². The Kier molecular flexibility index (Phi) is 2.68. The van der Waals surface area contributed by atoms with Gasteiger partial charge in [-0.3, -0.25) is 0 Å². The average molecular weight is 183 g/mol. The van der Waals surface area contributed by atoms with Gasteiger partial charge in [-0.25, -0.2) is 4.39 Å². The van der Waals surface area contributed by atoms with Crippen LogP contribution in [0.4, 0.5) is 4.39 Å². The van der Waals surface area contributed by atoms with Crippen molar-refractivity contribution in [2.24, 2.45) is 5.73 Å². The molecule has 0 radical (unpaired) electrons. The SMILES string of the molecule is Cc1c(F)cccc1[C@@](C)(N)CO. The summed E-state index contributed by atoms with van der Waals surface area (Å²) < 4.78 is 13.1. The highest BCUT2D eigenvalue weighted by Crippen LogP contribution is 2.22. The van der Waals surface area contributed by atoms with E-state index in [1.54, 1.807) is 26.0 Å². The molecule has 1 atom stereocenters. The molecule has 1 rings (SSSR count). The Bertz CT molecular complexity index is 310. The molecule has 2 nitrogen and oxygen atoms in total. The summed E-state index contributed by atoms with van der Waals surface area (Å²) in [6.45, 7) is 3.14. The smallest absolute Gasteiger partial charge is 0.126 e. The van der Waals surface area contributed by atoms with E-state index in [9.17, 15) is 4.39 Å². The molecule has 0 aliphatic heterocycles. The van der Waals surface area contributed by atoms with Crippen molar-refractivity contribution in [3.8, 4) is 0 Å². The molecule has 0 spiro atoms. The van der Waals surface area contributed by atoms with Gasteiger partial charge in [-0.2, -0.15) is 0 Å². The van der Waals surface area contributed by atoms with Gasteiger partial charge < -0.3 is 10.8 Å². The van der Waals surface area contributed by atoms with Crippen LogP contribution >= 0.6 is 0 Å². The van der Waals surface area contributed by atoms with Gasteiger partial charge in [0.15, 0.2) is 0 Å². The van der Waals surface area contributed by atoms with Gasteiger partial charge in [0.25, 0.3) is 0 Å². The zero-order valence-electron chi connectivity index (χ0n) is 7.84. The molecule has 72 valence electrons. The first-order valence-corrected chi connectivity index (χ1v) is 4.14. The fourth-order valence-electron chi connectivity index (χ4n) is 1.31. The summed E-state index contributed by atoms with van der Waals surface area (Å²) in [4.78, 5) is 0. The Morgan fingerprint density at radius 1 is 1.54 bits per heavy atom. The molecule has 1 aromatic carbocycles. The largest absolute Gasteiger partial charge is 0.394 e. The third-order valence-corrected chi connectivity index (χ3v) is 2.21. The van der Waals surface area contributed by atoms with Crippen LogP contribution in [-0.4, -0.2) is 11.7 Å². The summed E-state index contributed by atoms with van der Waals surface area (Å²) >= 11 is 0. The van der Waals surface area contributed by atoms with Crippen LogP contribution < -0.4 is 5.73 Å². The van der Waals surface area contributed by atoms with Crippen LogP contribution in [0, 0.1) is 12.7 Å². The maximum atomic E-state index is 13.1. The first kappa shape index (κ1) is 10.2. The number of rotatable bonds is 2. The standard InChI is InChI=1S/C10H14FNO/c1-7-8(10(2,12)6-13)4-3-5-9(7)11/h3-5,13H,6,12H2,1-2H3/t10-/m0/s1. The van der Waals surface area contributed by atoms with Gasteiger partial charge in [-0.1, -0.05) is 12.1 Å². The molecular formula is C10H14FNO. The molecule has 0 saturated carbocycles. The predicted molar refractivity (Wildman–Crippen MR) is 49.8 cm³/mol. The van der Waals surface area contributed by atoms with Crippen molar-refractivity contribution >= 4 is 0 Å². The summed E-state index contributed by atoms with van der Waals surface area (Å²) in [5, 5.41) is 9.02. The fourth-order valence-corrected chi connectivity index (χ4v) is 1.31. The van der Waals surface area contributed by atoms with Gasteiger partial charge in [-0.15, -0.1) is 0 Å². The molecule has 0 saturated heterocycles. The van der Waals surface area contributed by atoms with Gasteiger partial charge >= 0.3 is 0 Å². The minimum absolute atomic E-state index is 0.197. The zero-order chi connectivity index (χ0) is 10.1. The molecule has 3 heteroatoms. The maximum absolute atomic E-state index is 13.1. The second kappa shape index (κ2) is 3.44. The zero-order valence-corrected chi connectivity index (χ0v) is 7.84. The molecule has 0 unspecified atom stereocenters. The third kappa shape index (κ3) is 1.87.